The van der Waals surface area contributed by atoms with Crippen molar-refractivity contribution in [3.05, 3.63) is 28.2 Å². The number of nitrogens with zero attached hydrogens (tertiary/aromatic N) is 1. The van der Waals surface area contributed by atoms with Crippen LogP contribution >= 0.6 is 15.9 Å². The number of halogens is 4. The molecule has 1 aromatic carbocycles. The fraction of sp³-hybridized carbons (Fsp3) is 0.538. The maximum Gasteiger partial charge on any atom is 0.418 e. The minimum atomic E-state index is -4.35. The van der Waals surface area contributed by atoms with Gasteiger partial charge in [-0.1, -0.05) is 15.9 Å². The summed E-state index contributed by atoms with van der Waals surface area (Å²) in [5.41, 5.74) is 5.29. The zero-order valence-corrected chi connectivity index (χ0v) is 12.1. The van der Waals surface area contributed by atoms with Crippen molar-refractivity contribution in [1.82, 2.24) is 0 Å². The van der Waals surface area contributed by atoms with Crippen molar-refractivity contribution in [2.24, 2.45) is 11.7 Å². The highest BCUT2D eigenvalue weighted by Crippen LogP contribution is 2.41. The third kappa shape index (κ3) is 3.23. The minimum absolute atomic E-state index is 0.0320. The molecule has 6 heteroatoms. The smallest absolute Gasteiger partial charge is 0.370 e. The van der Waals surface area contributed by atoms with E-state index in [1.807, 2.05) is 0 Å². The highest BCUT2D eigenvalue weighted by molar-refractivity contribution is 9.10. The maximum absolute atomic E-state index is 13.1. The summed E-state index contributed by atoms with van der Waals surface area (Å²) in [6, 6.07) is 3.99. The normalized spacial score (nSPS) is 17.4. The summed E-state index contributed by atoms with van der Waals surface area (Å²) < 4.78 is 39.8. The molecule has 0 radical (unpaired) electrons. The lowest BCUT2D eigenvalue weighted by atomic mass is 10.1. The fourth-order valence-electron chi connectivity index (χ4n) is 2.36. The largest absolute Gasteiger partial charge is 0.418 e. The van der Waals surface area contributed by atoms with Crippen molar-refractivity contribution in [1.29, 1.82) is 0 Å². The highest BCUT2D eigenvalue weighted by Gasteiger charge is 2.38. The van der Waals surface area contributed by atoms with Gasteiger partial charge in [-0.15, -0.1) is 0 Å². The van der Waals surface area contributed by atoms with E-state index in [4.69, 9.17) is 5.73 Å². The lowest BCUT2D eigenvalue weighted by Gasteiger charge is -2.31. The van der Waals surface area contributed by atoms with Crippen molar-refractivity contribution in [3.63, 3.8) is 0 Å². The Kier molecular flexibility index (Phi) is 4.11. The Morgan fingerprint density at radius 3 is 2.53 bits per heavy atom. The second-order valence-electron chi connectivity index (χ2n) is 4.91. The van der Waals surface area contributed by atoms with Gasteiger partial charge in [-0.2, -0.15) is 13.2 Å². The summed E-state index contributed by atoms with van der Waals surface area (Å²) in [7, 11) is 1.69. The number of benzene rings is 1. The highest BCUT2D eigenvalue weighted by atomic mass is 79.9. The van der Waals surface area contributed by atoms with Gasteiger partial charge >= 0.3 is 6.18 Å². The Labute approximate surface area is 118 Å². The van der Waals surface area contributed by atoms with E-state index in [-0.39, 0.29) is 11.7 Å². The quantitative estimate of drug-likeness (QED) is 0.909. The average Bonchev–Trinajstić information content (AvgIpc) is 3.12. The first kappa shape index (κ1) is 14.7. The van der Waals surface area contributed by atoms with Crippen LogP contribution in [-0.4, -0.2) is 19.6 Å². The molecule has 0 spiro atoms. The summed E-state index contributed by atoms with van der Waals surface area (Å²) in [4.78, 5) is 1.67. The van der Waals surface area contributed by atoms with Gasteiger partial charge in [0.05, 0.1) is 11.3 Å². The average molecular weight is 337 g/mol. The minimum Gasteiger partial charge on any atom is -0.370 e. The SMILES string of the molecule is CN(c1cc(Br)ccc1C(F)(F)F)C(CN)C1CC1. The second-order valence-corrected chi connectivity index (χ2v) is 5.83. The molecule has 0 saturated heterocycles. The molecular formula is C13H16BrF3N2. The summed E-state index contributed by atoms with van der Waals surface area (Å²) in [5, 5.41) is 0. The molecule has 1 aliphatic carbocycles. The maximum atomic E-state index is 13.1. The summed E-state index contributed by atoms with van der Waals surface area (Å²) in [5.74, 6) is 0.412. The van der Waals surface area contributed by atoms with Crippen LogP contribution in [0.25, 0.3) is 0 Å². The van der Waals surface area contributed by atoms with Crippen molar-refractivity contribution in [3.8, 4) is 0 Å². The van der Waals surface area contributed by atoms with E-state index in [0.717, 1.165) is 18.9 Å². The lowest BCUT2D eigenvalue weighted by Crippen LogP contribution is -2.40. The van der Waals surface area contributed by atoms with E-state index < -0.39 is 11.7 Å². The Hall–Kier alpha value is -0.750. The van der Waals surface area contributed by atoms with Gasteiger partial charge in [0.15, 0.2) is 0 Å². The lowest BCUT2D eigenvalue weighted by molar-refractivity contribution is -0.137. The molecule has 2 N–H and O–H groups in total. The molecular weight excluding hydrogens is 321 g/mol. The second kappa shape index (κ2) is 5.32. The van der Waals surface area contributed by atoms with Crippen molar-refractivity contribution in [2.75, 3.05) is 18.5 Å². The summed E-state index contributed by atoms with van der Waals surface area (Å²) >= 11 is 3.23. The van der Waals surface area contributed by atoms with E-state index in [9.17, 15) is 13.2 Å². The molecule has 1 aromatic rings. The van der Waals surface area contributed by atoms with Crippen LogP contribution in [0.1, 0.15) is 18.4 Å². The molecule has 0 heterocycles. The first-order valence-corrected chi connectivity index (χ1v) is 6.93. The molecule has 1 atom stereocenters. The fourth-order valence-corrected chi connectivity index (χ4v) is 2.71. The number of nitrogens with two attached hydrogens (primary N) is 1. The number of anilines is 1. The van der Waals surface area contributed by atoms with Crippen LogP contribution in [0.2, 0.25) is 0 Å². The summed E-state index contributed by atoms with van der Waals surface area (Å²) in [6.45, 7) is 0.366. The first-order valence-electron chi connectivity index (χ1n) is 6.14. The van der Waals surface area contributed by atoms with Crippen LogP contribution in [0.15, 0.2) is 22.7 Å². The van der Waals surface area contributed by atoms with Gasteiger partial charge in [-0.3, -0.25) is 0 Å². The van der Waals surface area contributed by atoms with E-state index in [0.29, 0.717) is 16.9 Å². The molecule has 1 fully saturated rings. The number of rotatable bonds is 4. The monoisotopic (exact) mass is 336 g/mol. The molecule has 1 aliphatic rings. The van der Waals surface area contributed by atoms with Crippen LogP contribution in [-0.2, 0) is 6.18 Å². The van der Waals surface area contributed by atoms with Crippen LogP contribution in [0.5, 0.6) is 0 Å². The third-order valence-electron chi connectivity index (χ3n) is 3.55. The standard InChI is InChI=1S/C13H16BrF3N2/c1-19(12(7-18)8-2-3-8)11-6-9(14)4-5-10(11)13(15,16)17/h4-6,8,12H,2-3,7,18H2,1H3. The van der Waals surface area contributed by atoms with E-state index in [2.05, 4.69) is 15.9 Å². The van der Waals surface area contributed by atoms with Crippen LogP contribution in [0.4, 0.5) is 18.9 Å². The predicted molar refractivity (Wildman–Crippen MR) is 73.1 cm³/mol. The molecule has 2 nitrogen and oxygen atoms in total. The van der Waals surface area contributed by atoms with Crippen molar-refractivity contribution >= 4 is 21.6 Å². The molecule has 0 aromatic heterocycles. The number of alkyl halides is 3. The van der Waals surface area contributed by atoms with Crippen LogP contribution in [0, 0.1) is 5.92 Å². The Morgan fingerprint density at radius 2 is 2.05 bits per heavy atom. The number of likely N-dealkylation sites (N-methyl/N-ethyl adjacent to an activating group) is 1. The van der Waals surface area contributed by atoms with Gasteiger partial charge < -0.3 is 10.6 Å². The molecule has 2 rings (SSSR count). The van der Waals surface area contributed by atoms with Gasteiger partial charge in [-0.05, 0) is 37.0 Å². The zero-order valence-electron chi connectivity index (χ0n) is 10.5. The van der Waals surface area contributed by atoms with Gasteiger partial charge in [-0.25, -0.2) is 0 Å². The number of hydrogen-bond acceptors (Lipinski definition) is 2. The predicted octanol–water partition coefficient (Wildman–Crippen LogP) is 3.64. The molecule has 19 heavy (non-hydrogen) atoms. The molecule has 0 bridgehead atoms. The zero-order chi connectivity index (χ0) is 14.2. The third-order valence-corrected chi connectivity index (χ3v) is 4.04. The van der Waals surface area contributed by atoms with E-state index in [1.165, 1.54) is 12.1 Å². The van der Waals surface area contributed by atoms with Gasteiger partial charge in [0.25, 0.3) is 0 Å². The molecule has 0 amide bonds. The molecule has 106 valence electrons. The van der Waals surface area contributed by atoms with Gasteiger partial charge in [0.1, 0.15) is 0 Å². The topological polar surface area (TPSA) is 29.3 Å². The Bertz CT molecular complexity index is 458. The Balaban J connectivity index is 2.38. The summed E-state index contributed by atoms with van der Waals surface area (Å²) in [6.07, 6.45) is -2.27. The van der Waals surface area contributed by atoms with E-state index in [1.54, 1.807) is 11.9 Å². The molecule has 0 aliphatic heterocycles. The van der Waals surface area contributed by atoms with Gasteiger partial charge in [0, 0.05) is 24.1 Å². The molecule has 1 unspecified atom stereocenters. The Morgan fingerprint density at radius 1 is 1.42 bits per heavy atom. The molecule has 1 saturated carbocycles. The van der Waals surface area contributed by atoms with Crippen LogP contribution < -0.4 is 10.6 Å². The van der Waals surface area contributed by atoms with Gasteiger partial charge in [0.2, 0.25) is 0 Å². The van der Waals surface area contributed by atoms with Crippen LogP contribution in [0.3, 0.4) is 0 Å². The van der Waals surface area contributed by atoms with Crippen molar-refractivity contribution in [2.45, 2.75) is 25.1 Å². The first-order chi connectivity index (χ1) is 8.84. The number of hydrogen-bond donors (Lipinski definition) is 1. The van der Waals surface area contributed by atoms with E-state index >= 15 is 0 Å². The van der Waals surface area contributed by atoms with Crippen molar-refractivity contribution < 1.29 is 13.2 Å².